The van der Waals surface area contributed by atoms with E-state index in [0.717, 1.165) is 17.4 Å². The SMILES string of the molecule is CC(C)N1C(=O)NC2(CCN(Cc3ccc(Cl)s3)C2)C1=O. The van der Waals surface area contributed by atoms with Crippen molar-refractivity contribution >= 4 is 34.9 Å². The Kier molecular flexibility index (Phi) is 3.71. The van der Waals surface area contributed by atoms with Crippen molar-refractivity contribution in [2.45, 2.75) is 38.4 Å². The van der Waals surface area contributed by atoms with Gasteiger partial charge in [0.15, 0.2) is 0 Å². The van der Waals surface area contributed by atoms with Crippen LogP contribution in [0.15, 0.2) is 12.1 Å². The van der Waals surface area contributed by atoms with Gasteiger partial charge in [-0.05, 0) is 32.4 Å². The molecule has 0 aromatic carbocycles. The lowest BCUT2D eigenvalue weighted by atomic mass is 9.98. The normalized spacial score (nSPS) is 26.4. The van der Waals surface area contributed by atoms with Crippen LogP contribution in [0.2, 0.25) is 4.34 Å². The fraction of sp³-hybridized carbons (Fsp3) is 0.571. The first-order valence-electron chi connectivity index (χ1n) is 7.04. The summed E-state index contributed by atoms with van der Waals surface area (Å²) in [5.41, 5.74) is -0.734. The van der Waals surface area contributed by atoms with E-state index in [1.165, 1.54) is 9.78 Å². The number of hydrogen-bond acceptors (Lipinski definition) is 4. The second kappa shape index (κ2) is 5.26. The van der Waals surface area contributed by atoms with Gasteiger partial charge in [0.05, 0.1) is 4.34 Å². The molecule has 0 aliphatic carbocycles. The molecule has 2 aliphatic rings. The van der Waals surface area contributed by atoms with Crippen molar-refractivity contribution in [3.05, 3.63) is 21.3 Å². The van der Waals surface area contributed by atoms with E-state index in [9.17, 15) is 9.59 Å². The number of carbonyl (C=O) groups excluding carboxylic acids is 2. The molecule has 2 saturated heterocycles. The van der Waals surface area contributed by atoms with Gasteiger partial charge in [0.2, 0.25) is 0 Å². The Morgan fingerprint density at radius 1 is 1.43 bits per heavy atom. The molecule has 1 unspecified atom stereocenters. The van der Waals surface area contributed by atoms with E-state index >= 15 is 0 Å². The summed E-state index contributed by atoms with van der Waals surface area (Å²) in [5.74, 6) is -0.0887. The largest absolute Gasteiger partial charge is 0.325 e. The Bertz CT molecular complexity index is 589. The molecule has 1 spiro atoms. The zero-order valence-electron chi connectivity index (χ0n) is 12.1. The maximum atomic E-state index is 12.6. The van der Waals surface area contributed by atoms with E-state index in [4.69, 9.17) is 11.6 Å². The number of amides is 3. The molecule has 3 heterocycles. The van der Waals surface area contributed by atoms with Crippen LogP contribution in [-0.4, -0.2) is 46.4 Å². The van der Waals surface area contributed by atoms with Crippen molar-refractivity contribution in [2.24, 2.45) is 0 Å². The highest BCUT2D eigenvalue weighted by atomic mass is 35.5. The Balaban J connectivity index is 1.71. The van der Waals surface area contributed by atoms with E-state index < -0.39 is 5.54 Å². The lowest BCUT2D eigenvalue weighted by Gasteiger charge is -2.23. The van der Waals surface area contributed by atoms with Gasteiger partial charge in [-0.15, -0.1) is 11.3 Å². The van der Waals surface area contributed by atoms with Gasteiger partial charge < -0.3 is 5.32 Å². The minimum absolute atomic E-state index is 0.0887. The molecule has 1 atom stereocenters. The van der Waals surface area contributed by atoms with Crippen LogP contribution >= 0.6 is 22.9 Å². The van der Waals surface area contributed by atoms with Gasteiger partial charge in [0.1, 0.15) is 5.54 Å². The highest BCUT2D eigenvalue weighted by Gasteiger charge is 2.55. The quantitative estimate of drug-likeness (QED) is 0.867. The number of imide groups is 1. The number of rotatable bonds is 3. The molecule has 1 aromatic heterocycles. The smallest absolute Gasteiger partial charge is 0.322 e. The number of nitrogens with zero attached hydrogens (tertiary/aromatic N) is 2. The average Bonchev–Trinajstić information content (AvgIpc) is 3.03. The van der Waals surface area contributed by atoms with E-state index in [1.807, 2.05) is 26.0 Å². The molecule has 0 saturated carbocycles. The van der Waals surface area contributed by atoms with Crippen molar-refractivity contribution < 1.29 is 9.59 Å². The summed E-state index contributed by atoms with van der Waals surface area (Å²) in [5, 5.41) is 2.90. The number of thiophene rings is 1. The highest BCUT2D eigenvalue weighted by Crippen LogP contribution is 2.31. The number of carbonyl (C=O) groups is 2. The Morgan fingerprint density at radius 3 is 2.76 bits per heavy atom. The molecule has 21 heavy (non-hydrogen) atoms. The second-order valence-electron chi connectivity index (χ2n) is 5.95. The molecule has 3 amide bonds. The molecule has 114 valence electrons. The lowest BCUT2D eigenvalue weighted by molar-refractivity contribution is -0.132. The zero-order chi connectivity index (χ0) is 15.2. The lowest BCUT2D eigenvalue weighted by Crippen LogP contribution is -2.49. The van der Waals surface area contributed by atoms with Crippen molar-refractivity contribution in [3.8, 4) is 0 Å². The van der Waals surface area contributed by atoms with Gasteiger partial charge >= 0.3 is 6.03 Å². The summed E-state index contributed by atoms with van der Waals surface area (Å²) >= 11 is 7.50. The molecule has 1 aromatic rings. The summed E-state index contributed by atoms with van der Waals surface area (Å²) in [7, 11) is 0. The molecule has 5 nitrogen and oxygen atoms in total. The van der Waals surface area contributed by atoms with Crippen LogP contribution in [0.5, 0.6) is 0 Å². The van der Waals surface area contributed by atoms with Crippen LogP contribution in [0.1, 0.15) is 25.1 Å². The summed E-state index contributed by atoms with van der Waals surface area (Å²) < 4.78 is 0.773. The van der Waals surface area contributed by atoms with Gasteiger partial charge in [-0.1, -0.05) is 11.6 Å². The third kappa shape index (κ3) is 2.56. The first-order chi connectivity index (χ1) is 9.91. The highest BCUT2D eigenvalue weighted by molar-refractivity contribution is 7.16. The van der Waals surface area contributed by atoms with Crippen LogP contribution in [0.3, 0.4) is 0 Å². The maximum absolute atomic E-state index is 12.6. The summed E-state index contributed by atoms with van der Waals surface area (Å²) in [4.78, 5) is 29.3. The average molecular weight is 328 g/mol. The fourth-order valence-electron chi connectivity index (χ4n) is 3.07. The molecular formula is C14H18ClN3O2S. The monoisotopic (exact) mass is 327 g/mol. The number of hydrogen-bond donors (Lipinski definition) is 1. The Labute approximate surface area is 132 Å². The number of nitrogens with one attached hydrogen (secondary N) is 1. The second-order valence-corrected chi connectivity index (χ2v) is 7.75. The molecule has 0 bridgehead atoms. The molecule has 2 fully saturated rings. The fourth-order valence-corrected chi connectivity index (χ4v) is 4.20. The van der Waals surface area contributed by atoms with E-state index in [0.29, 0.717) is 13.0 Å². The third-order valence-corrected chi connectivity index (χ3v) is 5.28. The van der Waals surface area contributed by atoms with Gasteiger partial charge in [-0.3, -0.25) is 14.6 Å². The zero-order valence-corrected chi connectivity index (χ0v) is 13.6. The number of likely N-dealkylation sites (tertiary alicyclic amines) is 1. The maximum Gasteiger partial charge on any atom is 0.325 e. The number of urea groups is 1. The first-order valence-corrected chi connectivity index (χ1v) is 8.23. The van der Waals surface area contributed by atoms with Gasteiger partial charge in [0.25, 0.3) is 5.91 Å². The van der Waals surface area contributed by atoms with E-state index in [1.54, 1.807) is 11.3 Å². The molecule has 1 N–H and O–H groups in total. The predicted molar refractivity (Wildman–Crippen MR) is 82.5 cm³/mol. The van der Waals surface area contributed by atoms with Crippen LogP contribution in [-0.2, 0) is 11.3 Å². The topological polar surface area (TPSA) is 52.7 Å². The van der Waals surface area contributed by atoms with E-state index in [2.05, 4.69) is 10.2 Å². The van der Waals surface area contributed by atoms with Crippen LogP contribution in [0, 0.1) is 0 Å². The van der Waals surface area contributed by atoms with Crippen LogP contribution < -0.4 is 5.32 Å². The van der Waals surface area contributed by atoms with E-state index in [-0.39, 0.29) is 18.0 Å². The van der Waals surface area contributed by atoms with Crippen LogP contribution in [0.25, 0.3) is 0 Å². The summed E-state index contributed by atoms with van der Waals surface area (Å²) in [6.45, 7) is 5.85. The third-order valence-electron chi connectivity index (χ3n) is 4.07. The Morgan fingerprint density at radius 2 is 2.19 bits per heavy atom. The van der Waals surface area contributed by atoms with Crippen molar-refractivity contribution in [1.29, 1.82) is 0 Å². The first kappa shape index (κ1) is 14.8. The molecule has 0 radical (unpaired) electrons. The van der Waals surface area contributed by atoms with Crippen molar-refractivity contribution in [2.75, 3.05) is 13.1 Å². The van der Waals surface area contributed by atoms with Crippen molar-refractivity contribution in [3.63, 3.8) is 0 Å². The molecule has 2 aliphatic heterocycles. The predicted octanol–water partition coefficient (Wildman–Crippen LogP) is 2.31. The molecule has 7 heteroatoms. The summed E-state index contributed by atoms with van der Waals surface area (Å²) in [6.07, 6.45) is 0.667. The van der Waals surface area contributed by atoms with Gasteiger partial charge in [0, 0.05) is 30.6 Å². The van der Waals surface area contributed by atoms with Gasteiger partial charge in [-0.25, -0.2) is 4.79 Å². The molecular weight excluding hydrogens is 310 g/mol. The minimum atomic E-state index is -0.734. The summed E-state index contributed by atoms with van der Waals surface area (Å²) in [6, 6.07) is 3.52. The van der Waals surface area contributed by atoms with Gasteiger partial charge in [-0.2, -0.15) is 0 Å². The standard InChI is InChI=1S/C14H18ClN3O2S/c1-9(2)18-12(19)14(16-13(18)20)5-6-17(8-14)7-10-3-4-11(15)21-10/h3-4,9H,5-8H2,1-2H3,(H,16,20). The number of halogens is 1. The van der Waals surface area contributed by atoms with Crippen molar-refractivity contribution in [1.82, 2.24) is 15.1 Å². The van der Waals surface area contributed by atoms with Crippen LogP contribution in [0.4, 0.5) is 4.79 Å². The molecule has 3 rings (SSSR count). The minimum Gasteiger partial charge on any atom is -0.322 e. The Hall–Kier alpha value is -1.11.